The highest BCUT2D eigenvalue weighted by Gasteiger charge is 2.52. The Bertz CT molecular complexity index is 1430. The molecule has 218 valence electrons. The van der Waals surface area contributed by atoms with Crippen molar-refractivity contribution < 1.29 is 23.1 Å². The predicted molar refractivity (Wildman–Crippen MR) is 155 cm³/mol. The third-order valence-electron chi connectivity index (χ3n) is 7.85. The van der Waals surface area contributed by atoms with Crippen molar-refractivity contribution in [2.45, 2.75) is 52.1 Å². The first-order chi connectivity index (χ1) is 19.3. The molecular weight excluding hydrogens is 531 g/mol. The Balaban J connectivity index is 1.51. The van der Waals surface area contributed by atoms with Crippen molar-refractivity contribution in [3.63, 3.8) is 0 Å². The van der Waals surface area contributed by atoms with Crippen LogP contribution in [0.15, 0.2) is 54.7 Å². The number of hydrogen-bond donors (Lipinski definition) is 3. The van der Waals surface area contributed by atoms with Crippen LogP contribution in [0.5, 0.6) is 5.75 Å². The van der Waals surface area contributed by atoms with Gasteiger partial charge in [0.1, 0.15) is 5.75 Å². The number of pyridine rings is 1. The first-order valence-corrected chi connectivity index (χ1v) is 13.8. The zero-order valence-corrected chi connectivity index (χ0v) is 23.8. The van der Waals surface area contributed by atoms with Crippen molar-refractivity contribution in [2.75, 3.05) is 41.7 Å². The van der Waals surface area contributed by atoms with E-state index in [1.807, 2.05) is 6.92 Å². The minimum atomic E-state index is -4.58. The summed E-state index contributed by atoms with van der Waals surface area (Å²) in [5, 5.41) is 16.6. The predicted octanol–water partition coefficient (Wildman–Crippen LogP) is 7.29. The van der Waals surface area contributed by atoms with Gasteiger partial charge in [-0.05, 0) is 80.2 Å². The summed E-state index contributed by atoms with van der Waals surface area (Å²) < 4.78 is 43.3. The van der Waals surface area contributed by atoms with Crippen LogP contribution >= 0.6 is 0 Å². The Kier molecular flexibility index (Phi) is 7.40. The second-order valence-electron chi connectivity index (χ2n) is 12.3. The quantitative estimate of drug-likeness (QED) is 0.309. The Morgan fingerprint density at radius 2 is 1.73 bits per heavy atom. The molecule has 0 saturated carbocycles. The summed E-state index contributed by atoms with van der Waals surface area (Å²) in [7, 11) is 0. The molecule has 7 nitrogen and oxygen atoms in total. The summed E-state index contributed by atoms with van der Waals surface area (Å²) in [4.78, 5) is 21.1. The number of carbonyl (C=O) groups is 1. The van der Waals surface area contributed by atoms with Crippen LogP contribution in [0, 0.1) is 12.3 Å². The number of para-hydroxylation sites is 2. The van der Waals surface area contributed by atoms with Gasteiger partial charge in [0.15, 0.2) is 0 Å². The molecule has 1 fully saturated rings. The van der Waals surface area contributed by atoms with Crippen LogP contribution in [-0.4, -0.2) is 47.2 Å². The Morgan fingerprint density at radius 1 is 1.02 bits per heavy atom. The molecule has 0 atom stereocenters. The maximum Gasteiger partial charge on any atom is 0.416 e. The molecule has 0 radical (unpaired) electrons. The van der Waals surface area contributed by atoms with Gasteiger partial charge in [0.05, 0.1) is 34.5 Å². The number of aromatic hydroxyl groups is 1. The van der Waals surface area contributed by atoms with Gasteiger partial charge in [-0.15, -0.1) is 0 Å². The zero-order valence-electron chi connectivity index (χ0n) is 23.8. The number of alkyl halides is 3. The van der Waals surface area contributed by atoms with Crippen LogP contribution in [-0.2, 0) is 11.6 Å². The topological polar surface area (TPSA) is 80.7 Å². The fraction of sp³-hybridized carbons (Fsp3) is 0.419. The number of phenolic OH excluding ortho intramolecular Hbond substituents is 1. The molecule has 5 rings (SSSR count). The normalized spacial score (nSPS) is 17.0. The minimum Gasteiger partial charge on any atom is -0.506 e. The maximum atomic E-state index is 14.4. The molecule has 0 unspecified atom stereocenters. The third-order valence-corrected chi connectivity index (χ3v) is 7.85. The van der Waals surface area contributed by atoms with E-state index < -0.39 is 23.2 Å². The largest absolute Gasteiger partial charge is 0.506 e. The lowest BCUT2D eigenvalue weighted by atomic mass is 9.72. The summed E-state index contributed by atoms with van der Waals surface area (Å²) in [6.45, 7) is 10.7. The van der Waals surface area contributed by atoms with Crippen LogP contribution in [0.25, 0.3) is 0 Å². The monoisotopic (exact) mass is 567 g/mol. The maximum absolute atomic E-state index is 14.4. The molecule has 1 saturated heterocycles. The first kappa shape index (κ1) is 28.7. The number of fused-ring (bicyclic) bond motifs is 2. The second kappa shape index (κ2) is 10.6. The molecule has 0 bridgehead atoms. The zero-order chi connectivity index (χ0) is 29.6. The van der Waals surface area contributed by atoms with Gasteiger partial charge in [0.2, 0.25) is 0 Å². The summed E-state index contributed by atoms with van der Waals surface area (Å²) >= 11 is 0. The molecule has 2 aliphatic rings. The molecule has 10 heteroatoms. The van der Waals surface area contributed by atoms with Crippen molar-refractivity contribution >= 4 is 28.8 Å². The van der Waals surface area contributed by atoms with Crippen molar-refractivity contribution in [2.24, 2.45) is 5.41 Å². The Hall–Kier alpha value is -3.79. The highest BCUT2D eigenvalue weighted by Crippen LogP contribution is 2.57. The minimum absolute atomic E-state index is 0.0688. The van der Waals surface area contributed by atoms with E-state index in [0.717, 1.165) is 24.4 Å². The van der Waals surface area contributed by atoms with Crippen LogP contribution < -0.4 is 15.5 Å². The number of urea groups is 1. The molecule has 41 heavy (non-hydrogen) atoms. The van der Waals surface area contributed by atoms with Gasteiger partial charge in [-0.1, -0.05) is 32.9 Å². The van der Waals surface area contributed by atoms with Gasteiger partial charge in [-0.3, -0.25) is 4.98 Å². The number of anilines is 4. The van der Waals surface area contributed by atoms with E-state index >= 15 is 0 Å². The van der Waals surface area contributed by atoms with Crippen molar-refractivity contribution in [1.82, 2.24) is 9.88 Å². The Morgan fingerprint density at radius 3 is 2.37 bits per heavy atom. The molecule has 2 aromatic carbocycles. The van der Waals surface area contributed by atoms with Crippen molar-refractivity contribution in [3.05, 3.63) is 71.5 Å². The van der Waals surface area contributed by atoms with E-state index in [0.29, 0.717) is 43.0 Å². The van der Waals surface area contributed by atoms with E-state index in [2.05, 4.69) is 41.3 Å². The van der Waals surface area contributed by atoms with E-state index in [4.69, 9.17) is 0 Å². The van der Waals surface area contributed by atoms with Gasteiger partial charge in [-0.25, -0.2) is 4.79 Å². The number of phenols is 1. The summed E-state index contributed by atoms with van der Waals surface area (Å²) in [6, 6.07) is 12.1. The molecule has 1 aromatic heterocycles. The second-order valence-corrected chi connectivity index (χ2v) is 12.3. The Labute approximate surface area is 238 Å². The van der Waals surface area contributed by atoms with Gasteiger partial charge in [0, 0.05) is 24.2 Å². The molecular formula is C31H36F3N5O2. The van der Waals surface area contributed by atoms with Crippen molar-refractivity contribution in [3.8, 4) is 5.75 Å². The molecule has 3 N–H and O–H groups in total. The molecule has 1 spiro atoms. The lowest BCUT2D eigenvalue weighted by Gasteiger charge is -2.42. The average molecular weight is 568 g/mol. The lowest BCUT2D eigenvalue weighted by Crippen LogP contribution is -2.47. The smallest absolute Gasteiger partial charge is 0.416 e. The number of amides is 2. The number of aromatic nitrogens is 1. The molecule has 3 aromatic rings. The standard InChI is InChI=1S/C31H36F3N5O2/c1-20-9-10-21(17-35-20)36-28(41)37-23-7-5-6-8-24(23)39-19-30(13-15-38(16-14-30)18-29(2,3)4)26-22(31(32,33)34)11-12-25(40)27(26)39/h5-12,17,40H,13-16,18-19H2,1-4H3,(H2,36,37,41). The summed E-state index contributed by atoms with van der Waals surface area (Å²) in [6.07, 6.45) is -1.99. The van der Waals surface area contributed by atoms with Crippen LogP contribution in [0.1, 0.15) is 50.4 Å². The van der Waals surface area contributed by atoms with Crippen molar-refractivity contribution in [1.29, 1.82) is 0 Å². The number of nitrogens with zero attached hydrogens (tertiary/aromatic N) is 3. The molecule has 2 aliphatic heterocycles. The summed E-state index contributed by atoms with van der Waals surface area (Å²) in [5.41, 5.74) is 1.08. The van der Waals surface area contributed by atoms with Gasteiger partial charge in [-0.2, -0.15) is 13.2 Å². The highest BCUT2D eigenvalue weighted by atomic mass is 19.4. The fourth-order valence-electron chi connectivity index (χ4n) is 6.15. The van der Waals surface area contributed by atoms with E-state index in [1.165, 1.54) is 0 Å². The number of aryl methyl sites for hydroxylation is 1. The van der Waals surface area contributed by atoms with Crippen LogP contribution in [0.2, 0.25) is 0 Å². The molecule has 0 aliphatic carbocycles. The number of hydrogen-bond acceptors (Lipinski definition) is 5. The van der Waals surface area contributed by atoms with Gasteiger partial charge < -0.3 is 25.5 Å². The summed E-state index contributed by atoms with van der Waals surface area (Å²) in [5.74, 6) is -0.216. The number of likely N-dealkylation sites (tertiary alicyclic amines) is 1. The third kappa shape index (κ3) is 5.98. The van der Waals surface area contributed by atoms with Crippen LogP contribution in [0.3, 0.4) is 0 Å². The SMILES string of the molecule is Cc1ccc(NC(=O)Nc2ccccc2N2CC3(CCN(CC(C)(C)C)CC3)c3c(C(F)(F)F)ccc(O)c32)cn1. The highest BCUT2D eigenvalue weighted by molar-refractivity contribution is 6.02. The van der Waals surface area contributed by atoms with Crippen LogP contribution in [0.4, 0.5) is 40.7 Å². The lowest BCUT2D eigenvalue weighted by molar-refractivity contribution is -0.138. The fourth-order valence-corrected chi connectivity index (χ4v) is 6.15. The number of benzene rings is 2. The molecule has 2 amide bonds. The van der Waals surface area contributed by atoms with E-state index in [-0.39, 0.29) is 29.0 Å². The molecule has 3 heterocycles. The van der Waals surface area contributed by atoms with E-state index in [1.54, 1.807) is 47.5 Å². The van der Waals surface area contributed by atoms with Gasteiger partial charge >= 0.3 is 12.2 Å². The number of carbonyl (C=O) groups excluding carboxylic acids is 1. The number of piperidine rings is 1. The van der Waals surface area contributed by atoms with Gasteiger partial charge in [0.25, 0.3) is 0 Å². The van der Waals surface area contributed by atoms with E-state index in [9.17, 15) is 23.1 Å². The number of halogens is 3. The average Bonchev–Trinajstić information content (AvgIpc) is 3.21. The first-order valence-electron chi connectivity index (χ1n) is 13.8. The number of nitrogens with one attached hydrogen (secondary N) is 2. The number of rotatable bonds is 4.